The minimum Gasteiger partial charge on any atom is -0.497 e. The number of rotatable bonds is 6. The van der Waals surface area contributed by atoms with Crippen molar-refractivity contribution in [3.8, 4) is 11.5 Å². The summed E-state index contributed by atoms with van der Waals surface area (Å²) in [7, 11) is 3.06. The summed E-state index contributed by atoms with van der Waals surface area (Å²) >= 11 is 0. The molecule has 2 rings (SSSR count). The van der Waals surface area contributed by atoms with Crippen molar-refractivity contribution in [1.82, 2.24) is 0 Å². The van der Waals surface area contributed by atoms with Gasteiger partial charge in [0.05, 0.1) is 26.5 Å². The Bertz CT molecular complexity index is 704. The Morgan fingerprint density at radius 1 is 1.09 bits per heavy atom. The fourth-order valence-electron chi connectivity index (χ4n) is 2.07. The van der Waals surface area contributed by atoms with Crippen molar-refractivity contribution < 1.29 is 18.7 Å². The molecule has 2 aromatic carbocycles. The van der Waals surface area contributed by atoms with Crippen LogP contribution in [0.2, 0.25) is 0 Å². The van der Waals surface area contributed by atoms with Crippen molar-refractivity contribution in [2.75, 3.05) is 31.4 Å². The molecule has 122 valence electrons. The standard InChI is InChI=1S/C17H19FN2O3/c1-11-4-5-12(18)8-14(11)19-10-17(21)20-15-9-13(22-2)6-7-16(15)23-3/h4-9,19H,10H2,1-3H3,(H,20,21). The van der Waals surface area contributed by atoms with E-state index in [0.717, 1.165) is 5.56 Å². The van der Waals surface area contributed by atoms with E-state index >= 15 is 0 Å². The smallest absolute Gasteiger partial charge is 0.243 e. The average Bonchev–Trinajstić information content (AvgIpc) is 2.55. The van der Waals surface area contributed by atoms with Crippen LogP contribution in [-0.4, -0.2) is 26.7 Å². The lowest BCUT2D eigenvalue weighted by Gasteiger charge is -2.13. The molecule has 0 saturated carbocycles. The van der Waals surface area contributed by atoms with Gasteiger partial charge in [-0.25, -0.2) is 4.39 Å². The van der Waals surface area contributed by atoms with Crippen LogP contribution >= 0.6 is 0 Å². The van der Waals surface area contributed by atoms with Gasteiger partial charge >= 0.3 is 0 Å². The van der Waals surface area contributed by atoms with Gasteiger partial charge in [-0.05, 0) is 36.8 Å². The van der Waals surface area contributed by atoms with Gasteiger partial charge in [-0.3, -0.25) is 4.79 Å². The molecule has 0 saturated heterocycles. The quantitative estimate of drug-likeness (QED) is 0.859. The van der Waals surface area contributed by atoms with Crippen LogP contribution in [0.4, 0.5) is 15.8 Å². The number of anilines is 2. The summed E-state index contributed by atoms with van der Waals surface area (Å²) in [6.45, 7) is 1.84. The van der Waals surface area contributed by atoms with E-state index in [2.05, 4.69) is 10.6 Å². The molecule has 0 fully saturated rings. The first-order chi connectivity index (χ1) is 11.0. The van der Waals surface area contributed by atoms with Crippen molar-refractivity contribution in [2.45, 2.75) is 6.92 Å². The Hall–Kier alpha value is -2.76. The molecule has 6 heteroatoms. The predicted molar refractivity (Wildman–Crippen MR) is 87.8 cm³/mol. The summed E-state index contributed by atoms with van der Waals surface area (Å²) in [5, 5.41) is 5.66. The molecule has 0 aliphatic carbocycles. The van der Waals surface area contributed by atoms with Gasteiger partial charge in [-0.15, -0.1) is 0 Å². The third kappa shape index (κ3) is 4.35. The van der Waals surface area contributed by atoms with Crippen LogP contribution < -0.4 is 20.1 Å². The number of aryl methyl sites for hydroxylation is 1. The maximum absolute atomic E-state index is 13.2. The van der Waals surface area contributed by atoms with Gasteiger partial charge < -0.3 is 20.1 Å². The van der Waals surface area contributed by atoms with E-state index in [4.69, 9.17) is 9.47 Å². The highest BCUT2D eigenvalue weighted by atomic mass is 19.1. The normalized spacial score (nSPS) is 10.1. The number of halogens is 1. The zero-order chi connectivity index (χ0) is 16.8. The van der Waals surface area contributed by atoms with E-state index < -0.39 is 0 Å². The molecule has 5 nitrogen and oxygen atoms in total. The number of benzene rings is 2. The summed E-state index contributed by atoms with van der Waals surface area (Å²) in [6, 6.07) is 9.50. The van der Waals surface area contributed by atoms with Crippen LogP contribution in [0.5, 0.6) is 11.5 Å². The van der Waals surface area contributed by atoms with Crippen LogP contribution in [0, 0.1) is 12.7 Å². The molecule has 1 amide bonds. The average molecular weight is 318 g/mol. The second-order valence-corrected chi connectivity index (χ2v) is 4.93. The van der Waals surface area contributed by atoms with Crippen LogP contribution in [0.1, 0.15) is 5.56 Å². The van der Waals surface area contributed by atoms with Crippen molar-refractivity contribution in [2.24, 2.45) is 0 Å². The highest BCUT2D eigenvalue weighted by Crippen LogP contribution is 2.28. The molecule has 2 aromatic rings. The minimum absolute atomic E-state index is 0.00462. The summed E-state index contributed by atoms with van der Waals surface area (Å²) in [6.07, 6.45) is 0. The second kappa shape index (κ2) is 7.49. The van der Waals surface area contributed by atoms with Crippen LogP contribution in [0.15, 0.2) is 36.4 Å². The van der Waals surface area contributed by atoms with E-state index in [1.165, 1.54) is 19.2 Å². The van der Waals surface area contributed by atoms with Gasteiger partial charge in [-0.1, -0.05) is 6.07 Å². The third-order valence-electron chi connectivity index (χ3n) is 3.32. The summed E-state index contributed by atoms with van der Waals surface area (Å²) in [5.41, 5.74) is 1.95. The van der Waals surface area contributed by atoms with E-state index in [9.17, 15) is 9.18 Å². The monoisotopic (exact) mass is 318 g/mol. The molecule has 0 unspecified atom stereocenters. The van der Waals surface area contributed by atoms with Crippen molar-refractivity contribution >= 4 is 17.3 Å². The Morgan fingerprint density at radius 2 is 1.87 bits per heavy atom. The molecule has 0 spiro atoms. The molecule has 0 atom stereocenters. The number of nitrogens with one attached hydrogen (secondary N) is 2. The largest absolute Gasteiger partial charge is 0.497 e. The molecular formula is C17H19FN2O3. The highest BCUT2D eigenvalue weighted by Gasteiger charge is 2.10. The summed E-state index contributed by atoms with van der Waals surface area (Å²) in [5.74, 6) is 0.504. The maximum Gasteiger partial charge on any atom is 0.243 e. The van der Waals surface area contributed by atoms with E-state index in [1.807, 2.05) is 6.92 Å². The maximum atomic E-state index is 13.2. The first-order valence-electron chi connectivity index (χ1n) is 7.05. The number of ether oxygens (including phenoxy) is 2. The molecule has 0 aromatic heterocycles. The topological polar surface area (TPSA) is 59.6 Å². The number of hydrogen-bond donors (Lipinski definition) is 2. The summed E-state index contributed by atoms with van der Waals surface area (Å²) in [4.78, 5) is 12.1. The van der Waals surface area contributed by atoms with Gasteiger partial charge in [-0.2, -0.15) is 0 Å². The lowest BCUT2D eigenvalue weighted by atomic mass is 10.2. The lowest BCUT2D eigenvalue weighted by molar-refractivity contribution is -0.114. The van der Waals surface area contributed by atoms with Gasteiger partial charge in [0.25, 0.3) is 0 Å². The number of hydrogen-bond acceptors (Lipinski definition) is 4. The number of amides is 1. The minimum atomic E-state index is -0.354. The Kier molecular flexibility index (Phi) is 5.41. The van der Waals surface area contributed by atoms with Crippen LogP contribution in [0.3, 0.4) is 0 Å². The Morgan fingerprint density at radius 3 is 2.57 bits per heavy atom. The molecule has 0 bridgehead atoms. The second-order valence-electron chi connectivity index (χ2n) is 4.93. The first kappa shape index (κ1) is 16.6. The lowest BCUT2D eigenvalue weighted by Crippen LogP contribution is -2.22. The number of carbonyl (C=O) groups excluding carboxylic acids is 1. The highest BCUT2D eigenvalue weighted by molar-refractivity contribution is 5.95. The Balaban J connectivity index is 2.03. The SMILES string of the molecule is COc1ccc(OC)c(NC(=O)CNc2cc(F)ccc2C)c1. The fourth-order valence-corrected chi connectivity index (χ4v) is 2.07. The molecule has 23 heavy (non-hydrogen) atoms. The zero-order valence-corrected chi connectivity index (χ0v) is 13.3. The van der Waals surface area contributed by atoms with Crippen molar-refractivity contribution in [1.29, 1.82) is 0 Å². The van der Waals surface area contributed by atoms with Gasteiger partial charge in [0.15, 0.2) is 0 Å². The first-order valence-corrected chi connectivity index (χ1v) is 7.05. The van der Waals surface area contributed by atoms with Gasteiger partial charge in [0.1, 0.15) is 17.3 Å². The fraction of sp³-hybridized carbons (Fsp3) is 0.235. The van der Waals surface area contributed by atoms with Gasteiger partial charge in [0, 0.05) is 11.8 Å². The molecule has 2 N–H and O–H groups in total. The molecule has 0 aliphatic heterocycles. The number of methoxy groups -OCH3 is 2. The zero-order valence-electron chi connectivity index (χ0n) is 13.3. The molecule has 0 aliphatic rings. The van der Waals surface area contributed by atoms with E-state index in [0.29, 0.717) is 22.9 Å². The van der Waals surface area contributed by atoms with Crippen LogP contribution in [0.25, 0.3) is 0 Å². The van der Waals surface area contributed by atoms with Crippen molar-refractivity contribution in [3.05, 3.63) is 47.8 Å². The van der Waals surface area contributed by atoms with Crippen LogP contribution in [-0.2, 0) is 4.79 Å². The number of carbonyl (C=O) groups is 1. The van der Waals surface area contributed by atoms with Crippen molar-refractivity contribution in [3.63, 3.8) is 0 Å². The van der Waals surface area contributed by atoms with E-state index in [1.54, 1.807) is 31.4 Å². The molecular weight excluding hydrogens is 299 g/mol. The van der Waals surface area contributed by atoms with E-state index in [-0.39, 0.29) is 18.3 Å². The van der Waals surface area contributed by atoms with Gasteiger partial charge in [0.2, 0.25) is 5.91 Å². The molecule has 0 heterocycles. The summed E-state index contributed by atoms with van der Waals surface area (Å²) < 4.78 is 23.6. The Labute approximate surface area is 134 Å². The predicted octanol–water partition coefficient (Wildman–Crippen LogP) is 3.20. The third-order valence-corrected chi connectivity index (χ3v) is 3.32. The molecule has 0 radical (unpaired) electrons.